The van der Waals surface area contributed by atoms with Crippen molar-refractivity contribution in [1.29, 1.82) is 0 Å². The molecular weight excluding hydrogens is 226 g/mol. The molecule has 0 saturated carbocycles. The van der Waals surface area contributed by atoms with E-state index in [1.54, 1.807) is 0 Å². The lowest BCUT2D eigenvalue weighted by Crippen LogP contribution is -2.19. The van der Waals surface area contributed by atoms with E-state index in [2.05, 4.69) is 10.3 Å². The molecule has 0 aliphatic heterocycles. The number of oxime groups is 1. The molecule has 90 valence electrons. The van der Waals surface area contributed by atoms with Crippen LogP contribution in [-0.2, 0) is 0 Å². The monoisotopic (exact) mass is 239 g/mol. The first-order valence-electron chi connectivity index (χ1n) is 5.48. The van der Waals surface area contributed by atoms with Crippen molar-refractivity contribution < 1.29 is 5.21 Å². The van der Waals surface area contributed by atoms with Gasteiger partial charge >= 0.3 is 0 Å². The molecule has 3 N–H and O–H groups in total. The Hall–Kier alpha value is -2.62. The van der Waals surface area contributed by atoms with Gasteiger partial charge in [-0.25, -0.2) is 0 Å². The number of hydrogen-bond acceptors (Lipinski definition) is 4. The third-order valence-electron chi connectivity index (χ3n) is 2.55. The second-order valence-electron chi connectivity index (χ2n) is 3.66. The van der Waals surface area contributed by atoms with E-state index < -0.39 is 0 Å². The Morgan fingerprint density at radius 2 is 1.22 bits per heavy atom. The van der Waals surface area contributed by atoms with Crippen molar-refractivity contribution in [2.75, 3.05) is 0 Å². The molecule has 0 unspecified atom stereocenters. The fraction of sp³-hybridized carbons (Fsp3) is 0. The minimum Gasteiger partial charge on any atom is -0.410 e. The van der Waals surface area contributed by atoms with Crippen LogP contribution in [0.5, 0.6) is 0 Å². The van der Waals surface area contributed by atoms with Gasteiger partial charge in [0.2, 0.25) is 0 Å². The molecule has 4 heteroatoms. The molecular formula is C14H13N3O. The second-order valence-corrected chi connectivity index (χ2v) is 3.66. The molecule has 0 fully saturated rings. The van der Waals surface area contributed by atoms with Crippen LogP contribution in [0, 0.1) is 0 Å². The second kappa shape index (κ2) is 5.63. The molecule has 0 aliphatic carbocycles. The van der Waals surface area contributed by atoms with Crippen LogP contribution in [-0.4, -0.2) is 16.6 Å². The van der Waals surface area contributed by atoms with Crippen LogP contribution in [0.25, 0.3) is 0 Å². The minimum atomic E-state index is 0.351. The zero-order valence-corrected chi connectivity index (χ0v) is 9.69. The molecule has 0 bridgehead atoms. The maximum Gasteiger partial charge on any atom is 0.137 e. The molecule has 2 rings (SSSR count). The van der Waals surface area contributed by atoms with E-state index in [1.807, 2.05) is 60.7 Å². The third-order valence-corrected chi connectivity index (χ3v) is 2.55. The van der Waals surface area contributed by atoms with E-state index in [1.165, 1.54) is 0 Å². The molecule has 4 nitrogen and oxygen atoms in total. The van der Waals surface area contributed by atoms with Gasteiger partial charge in [-0.1, -0.05) is 65.8 Å². The average Bonchev–Trinajstić information content (AvgIpc) is 2.46. The van der Waals surface area contributed by atoms with Crippen LogP contribution < -0.4 is 5.84 Å². The van der Waals surface area contributed by atoms with Crippen LogP contribution in [0.4, 0.5) is 0 Å². The molecule has 0 heterocycles. The normalized spacial score (nSPS) is 12.4. The molecule has 0 radical (unpaired) electrons. The predicted octanol–water partition coefficient (Wildman–Crippen LogP) is 2.23. The Bertz CT molecular complexity index is 509. The van der Waals surface area contributed by atoms with E-state index in [4.69, 9.17) is 5.84 Å². The van der Waals surface area contributed by atoms with Crippen LogP contribution in [0.1, 0.15) is 11.1 Å². The van der Waals surface area contributed by atoms with Gasteiger partial charge in [0, 0.05) is 11.1 Å². The van der Waals surface area contributed by atoms with Gasteiger partial charge in [0.25, 0.3) is 0 Å². The number of nitrogens with zero attached hydrogens (tertiary/aromatic N) is 2. The molecule has 0 aromatic heterocycles. The van der Waals surface area contributed by atoms with E-state index in [-0.39, 0.29) is 0 Å². The largest absolute Gasteiger partial charge is 0.410 e. The first kappa shape index (κ1) is 11.9. The van der Waals surface area contributed by atoms with Crippen molar-refractivity contribution in [1.82, 2.24) is 0 Å². The fourth-order valence-electron chi connectivity index (χ4n) is 1.71. The van der Waals surface area contributed by atoms with E-state index in [9.17, 15) is 5.21 Å². The zero-order valence-electron chi connectivity index (χ0n) is 9.69. The van der Waals surface area contributed by atoms with Gasteiger partial charge in [0.1, 0.15) is 11.4 Å². The van der Waals surface area contributed by atoms with Crippen molar-refractivity contribution in [3.63, 3.8) is 0 Å². The first-order chi connectivity index (χ1) is 8.86. The summed E-state index contributed by atoms with van der Waals surface area (Å²) < 4.78 is 0. The Morgan fingerprint density at radius 1 is 0.778 bits per heavy atom. The zero-order chi connectivity index (χ0) is 12.8. The third kappa shape index (κ3) is 2.38. The topological polar surface area (TPSA) is 71.0 Å². The molecule has 18 heavy (non-hydrogen) atoms. The molecule has 2 aromatic rings. The van der Waals surface area contributed by atoms with Crippen molar-refractivity contribution >= 4 is 11.4 Å². The Kier molecular flexibility index (Phi) is 3.71. The highest BCUT2D eigenvalue weighted by atomic mass is 16.4. The highest BCUT2D eigenvalue weighted by Crippen LogP contribution is 2.09. The van der Waals surface area contributed by atoms with Gasteiger partial charge in [-0.05, 0) is 0 Å². The van der Waals surface area contributed by atoms with Crippen molar-refractivity contribution in [2.24, 2.45) is 16.1 Å². The van der Waals surface area contributed by atoms with Crippen molar-refractivity contribution in [3.05, 3.63) is 71.8 Å². The van der Waals surface area contributed by atoms with Crippen LogP contribution in [0.3, 0.4) is 0 Å². The number of hydrogen-bond donors (Lipinski definition) is 2. The maximum absolute atomic E-state index is 9.19. The highest BCUT2D eigenvalue weighted by molar-refractivity contribution is 6.53. The molecule has 0 aliphatic rings. The van der Waals surface area contributed by atoms with Crippen LogP contribution >= 0.6 is 0 Å². The lowest BCUT2D eigenvalue weighted by molar-refractivity contribution is 0.320. The van der Waals surface area contributed by atoms with Gasteiger partial charge < -0.3 is 11.0 Å². The summed E-state index contributed by atoms with van der Waals surface area (Å²) in [6, 6.07) is 18.7. The first-order valence-corrected chi connectivity index (χ1v) is 5.48. The smallest absolute Gasteiger partial charge is 0.137 e. The quantitative estimate of drug-likeness (QED) is 0.373. The highest BCUT2D eigenvalue weighted by Gasteiger charge is 2.14. The summed E-state index contributed by atoms with van der Waals surface area (Å²) in [5, 5.41) is 16.2. The summed E-state index contributed by atoms with van der Waals surface area (Å²) in [7, 11) is 0. The number of rotatable bonds is 3. The van der Waals surface area contributed by atoms with Gasteiger partial charge in [-0.15, -0.1) is 0 Å². The average molecular weight is 239 g/mol. The van der Waals surface area contributed by atoms with Gasteiger partial charge in [0.15, 0.2) is 0 Å². The lowest BCUT2D eigenvalue weighted by Gasteiger charge is -2.07. The number of benzene rings is 2. The lowest BCUT2D eigenvalue weighted by atomic mass is 10.00. The summed E-state index contributed by atoms with van der Waals surface area (Å²) in [5.74, 6) is 5.41. The summed E-state index contributed by atoms with van der Waals surface area (Å²) in [6.45, 7) is 0. The van der Waals surface area contributed by atoms with Crippen LogP contribution in [0.15, 0.2) is 70.9 Å². The van der Waals surface area contributed by atoms with E-state index >= 15 is 0 Å². The molecule has 0 saturated heterocycles. The van der Waals surface area contributed by atoms with Gasteiger partial charge in [-0.3, -0.25) is 0 Å². The standard InChI is InChI=1S/C14H13N3O/c15-16-13(11-7-3-1-4-8-11)14(17-18)12-9-5-2-6-10-12/h1-10,18H,15H2/b16-13-,17-14+. The molecule has 0 spiro atoms. The number of nitrogens with two attached hydrogens (primary N) is 1. The predicted molar refractivity (Wildman–Crippen MR) is 71.9 cm³/mol. The summed E-state index contributed by atoms with van der Waals surface area (Å²) >= 11 is 0. The van der Waals surface area contributed by atoms with E-state index in [0.29, 0.717) is 11.4 Å². The van der Waals surface area contributed by atoms with Crippen molar-refractivity contribution in [3.8, 4) is 0 Å². The Morgan fingerprint density at radius 3 is 1.61 bits per heavy atom. The Labute approximate surface area is 105 Å². The summed E-state index contributed by atoms with van der Waals surface area (Å²) in [6.07, 6.45) is 0. The molecule has 2 aromatic carbocycles. The van der Waals surface area contributed by atoms with Crippen molar-refractivity contribution in [2.45, 2.75) is 0 Å². The summed E-state index contributed by atoms with van der Waals surface area (Å²) in [4.78, 5) is 0. The Balaban J connectivity index is 2.45. The SMILES string of the molecule is N/N=C(\C(=N\O)c1ccccc1)c1ccccc1. The van der Waals surface area contributed by atoms with Gasteiger partial charge in [-0.2, -0.15) is 5.10 Å². The van der Waals surface area contributed by atoms with E-state index in [0.717, 1.165) is 11.1 Å². The molecule has 0 amide bonds. The van der Waals surface area contributed by atoms with Crippen LogP contribution in [0.2, 0.25) is 0 Å². The maximum atomic E-state index is 9.19. The minimum absolute atomic E-state index is 0.351. The van der Waals surface area contributed by atoms with Gasteiger partial charge in [0.05, 0.1) is 0 Å². The fourth-order valence-corrected chi connectivity index (χ4v) is 1.71. The number of hydrazone groups is 1. The summed E-state index contributed by atoms with van der Waals surface area (Å²) in [5.41, 5.74) is 2.36. The molecule has 0 atom stereocenters.